The van der Waals surface area contributed by atoms with Crippen molar-refractivity contribution in [3.05, 3.63) is 82.9 Å². The lowest BCUT2D eigenvalue weighted by Gasteiger charge is -2.42. The van der Waals surface area contributed by atoms with Crippen LogP contribution in [0.2, 0.25) is 5.02 Å². The number of benzene rings is 3. The zero-order valence-electron chi connectivity index (χ0n) is 17.5. The standard InChI is InChI=1S/C24H23ClN2O3S/c1-23(2)20-6-4-5-7-21(20)27(3)24(23)15-16-14-18(10-13-22(16)30-24)26-31(28,29)19-11-8-17(25)9-12-19/h4-14,26H,15H2,1-3H3. The number of nitrogens with one attached hydrogen (secondary N) is 1. The van der Waals surface area contributed by atoms with E-state index >= 15 is 0 Å². The van der Waals surface area contributed by atoms with E-state index in [1.54, 1.807) is 18.2 Å². The Kier molecular flexibility index (Phi) is 4.33. The van der Waals surface area contributed by atoms with Gasteiger partial charge in [0.2, 0.25) is 0 Å². The molecule has 1 atom stereocenters. The fourth-order valence-corrected chi connectivity index (χ4v) is 6.01. The number of para-hydroxylation sites is 1. The lowest BCUT2D eigenvalue weighted by atomic mass is 9.76. The van der Waals surface area contributed by atoms with Crippen LogP contribution in [0.5, 0.6) is 5.75 Å². The Morgan fingerprint density at radius 1 is 1.03 bits per heavy atom. The molecule has 0 saturated heterocycles. The molecule has 5 rings (SSSR count). The molecule has 3 aromatic carbocycles. The molecule has 1 spiro atoms. The summed E-state index contributed by atoms with van der Waals surface area (Å²) in [5, 5.41) is 0.489. The van der Waals surface area contributed by atoms with Crippen LogP contribution in [-0.2, 0) is 21.9 Å². The van der Waals surface area contributed by atoms with E-state index in [-0.39, 0.29) is 10.3 Å². The van der Waals surface area contributed by atoms with E-state index in [0.717, 1.165) is 17.0 Å². The van der Waals surface area contributed by atoms with Gasteiger partial charge in [0.05, 0.1) is 10.3 Å². The Morgan fingerprint density at radius 3 is 2.45 bits per heavy atom. The summed E-state index contributed by atoms with van der Waals surface area (Å²) in [6.45, 7) is 4.40. The van der Waals surface area contributed by atoms with Gasteiger partial charge in [-0.25, -0.2) is 8.42 Å². The minimum atomic E-state index is -3.71. The molecule has 2 heterocycles. The second-order valence-electron chi connectivity index (χ2n) is 8.65. The molecule has 31 heavy (non-hydrogen) atoms. The lowest BCUT2D eigenvalue weighted by molar-refractivity contribution is 0.0350. The first-order valence-corrected chi connectivity index (χ1v) is 11.9. The van der Waals surface area contributed by atoms with E-state index in [1.807, 2.05) is 18.2 Å². The lowest BCUT2D eigenvalue weighted by Crippen LogP contribution is -2.58. The molecule has 7 heteroatoms. The van der Waals surface area contributed by atoms with Gasteiger partial charge in [0.15, 0.2) is 5.72 Å². The molecule has 1 unspecified atom stereocenters. The van der Waals surface area contributed by atoms with Gasteiger partial charge in [-0.05, 0) is 67.9 Å². The fraction of sp³-hybridized carbons (Fsp3) is 0.250. The molecule has 0 bridgehead atoms. The topological polar surface area (TPSA) is 58.6 Å². The van der Waals surface area contributed by atoms with Crippen LogP contribution in [0.15, 0.2) is 71.6 Å². The van der Waals surface area contributed by atoms with Crippen molar-refractivity contribution in [3.63, 3.8) is 0 Å². The summed E-state index contributed by atoms with van der Waals surface area (Å²) in [6.07, 6.45) is 0.650. The van der Waals surface area contributed by atoms with Crippen molar-refractivity contribution >= 4 is 33.0 Å². The van der Waals surface area contributed by atoms with Crippen LogP contribution in [0.3, 0.4) is 0 Å². The minimum absolute atomic E-state index is 0.164. The molecule has 0 fully saturated rings. The predicted octanol–water partition coefficient (Wildman–Crippen LogP) is 5.20. The van der Waals surface area contributed by atoms with Crippen molar-refractivity contribution in [1.29, 1.82) is 0 Å². The SMILES string of the molecule is CN1c2ccccc2C(C)(C)C12Cc1cc(NS(=O)(=O)c3ccc(Cl)cc3)ccc1O2. The second-order valence-corrected chi connectivity index (χ2v) is 10.8. The van der Waals surface area contributed by atoms with Crippen molar-refractivity contribution in [2.75, 3.05) is 16.7 Å². The molecule has 5 nitrogen and oxygen atoms in total. The highest BCUT2D eigenvalue weighted by Crippen LogP contribution is 2.56. The fourth-order valence-electron chi connectivity index (χ4n) is 4.84. The quantitative estimate of drug-likeness (QED) is 0.591. The third kappa shape index (κ3) is 2.92. The summed E-state index contributed by atoms with van der Waals surface area (Å²) in [5.41, 5.74) is 3.07. The van der Waals surface area contributed by atoms with E-state index in [1.165, 1.54) is 17.7 Å². The summed E-state index contributed by atoms with van der Waals surface area (Å²) >= 11 is 5.88. The van der Waals surface area contributed by atoms with E-state index in [4.69, 9.17) is 16.3 Å². The molecular weight excluding hydrogens is 432 g/mol. The maximum atomic E-state index is 12.8. The Bertz CT molecular complexity index is 1290. The number of nitrogens with zero attached hydrogens (tertiary/aromatic N) is 1. The first-order valence-electron chi connectivity index (χ1n) is 10.1. The van der Waals surface area contributed by atoms with Crippen molar-refractivity contribution in [2.45, 2.75) is 36.3 Å². The summed E-state index contributed by atoms with van der Waals surface area (Å²) < 4.78 is 34.8. The summed E-state index contributed by atoms with van der Waals surface area (Å²) in [5.74, 6) is 0.780. The average Bonchev–Trinajstić information content (AvgIpc) is 3.19. The Morgan fingerprint density at radius 2 is 1.74 bits per heavy atom. The van der Waals surface area contributed by atoms with Crippen molar-refractivity contribution in [1.82, 2.24) is 0 Å². The Labute approximate surface area is 187 Å². The van der Waals surface area contributed by atoms with Crippen molar-refractivity contribution < 1.29 is 13.2 Å². The zero-order valence-corrected chi connectivity index (χ0v) is 19.1. The third-order valence-electron chi connectivity index (χ3n) is 6.60. The molecule has 0 amide bonds. The van der Waals surface area contributed by atoms with E-state index in [9.17, 15) is 8.42 Å². The van der Waals surface area contributed by atoms with Gasteiger partial charge in [-0.15, -0.1) is 0 Å². The number of halogens is 1. The maximum absolute atomic E-state index is 12.8. The highest BCUT2D eigenvalue weighted by atomic mass is 35.5. The highest BCUT2D eigenvalue weighted by Gasteiger charge is 2.60. The van der Waals surface area contributed by atoms with Gasteiger partial charge in [-0.2, -0.15) is 0 Å². The second kappa shape index (κ2) is 6.65. The molecule has 1 N–H and O–H groups in total. The van der Waals surface area contributed by atoms with Crippen LogP contribution in [-0.4, -0.2) is 21.2 Å². The Hall–Kier alpha value is -2.70. The van der Waals surface area contributed by atoms with Gasteiger partial charge in [-0.1, -0.05) is 29.8 Å². The zero-order chi connectivity index (χ0) is 22.0. The number of sulfonamides is 1. The van der Waals surface area contributed by atoms with Crippen molar-refractivity contribution in [2.24, 2.45) is 0 Å². The average molecular weight is 455 g/mol. The van der Waals surface area contributed by atoms with Gasteiger partial charge in [0.25, 0.3) is 10.0 Å². The molecule has 0 saturated carbocycles. The van der Waals surface area contributed by atoms with E-state index < -0.39 is 15.7 Å². The first kappa shape index (κ1) is 20.2. The minimum Gasteiger partial charge on any atom is -0.466 e. The molecule has 2 aliphatic rings. The number of rotatable bonds is 3. The predicted molar refractivity (Wildman–Crippen MR) is 124 cm³/mol. The molecular formula is C24H23ClN2O3S. The van der Waals surface area contributed by atoms with Gasteiger partial charge < -0.3 is 9.64 Å². The number of hydrogen-bond acceptors (Lipinski definition) is 4. The van der Waals surface area contributed by atoms with Gasteiger partial charge in [-0.3, -0.25) is 4.72 Å². The number of anilines is 2. The molecule has 0 aromatic heterocycles. The highest BCUT2D eigenvalue weighted by molar-refractivity contribution is 7.92. The van der Waals surface area contributed by atoms with E-state index in [2.05, 4.69) is 48.7 Å². The molecule has 0 radical (unpaired) electrons. The normalized spacial score (nSPS) is 21.0. The number of fused-ring (bicyclic) bond motifs is 2. The molecule has 160 valence electrons. The van der Waals surface area contributed by atoms with Crippen LogP contribution in [0.25, 0.3) is 0 Å². The summed E-state index contributed by atoms with van der Waals surface area (Å²) in [4.78, 5) is 2.37. The van der Waals surface area contributed by atoms with Crippen LogP contribution >= 0.6 is 11.6 Å². The summed E-state index contributed by atoms with van der Waals surface area (Å²) in [6, 6.07) is 19.9. The number of hydrogen-bond donors (Lipinski definition) is 1. The van der Waals surface area contributed by atoms with Crippen LogP contribution in [0.4, 0.5) is 11.4 Å². The number of likely N-dealkylation sites (N-methyl/N-ethyl adjacent to an activating group) is 1. The van der Waals surface area contributed by atoms with Gasteiger partial charge in [0.1, 0.15) is 5.75 Å². The third-order valence-corrected chi connectivity index (χ3v) is 8.25. The molecule has 3 aromatic rings. The smallest absolute Gasteiger partial charge is 0.261 e. The summed E-state index contributed by atoms with van der Waals surface area (Å²) in [7, 11) is -1.65. The maximum Gasteiger partial charge on any atom is 0.261 e. The van der Waals surface area contributed by atoms with Crippen LogP contribution in [0.1, 0.15) is 25.0 Å². The van der Waals surface area contributed by atoms with Crippen LogP contribution < -0.4 is 14.4 Å². The Balaban J connectivity index is 1.47. The van der Waals surface area contributed by atoms with Crippen molar-refractivity contribution in [3.8, 4) is 5.75 Å². The first-order chi connectivity index (χ1) is 14.6. The van der Waals surface area contributed by atoms with Gasteiger partial charge in [0, 0.05) is 35.4 Å². The monoisotopic (exact) mass is 454 g/mol. The van der Waals surface area contributed by atoms with Gasteiger partial charge >= 0.3 is 0 Å². The number of ether oxygens (including phenoxy) is 1. The van der Waals surface area contributed by atoms with Crippen LogP contribution in [0, 0.1) is 0 Å². The largest absolute Gasteiger partial charge is 0.466 e. The molecule has 0 aliphatic carbocycles. The molecule has 2 aliphatic heterocycles. The van der Waals surface area contributed by atoms with E-state index in [0.29, 0.717) is 17.1 Å².